The SMILES string of the molecule is CCC[C@@H](O)[C@H](CC(=O)O)C(=O)N(C)[C@@H](C)CNS(=O)(=O)c1ccc([N+](=O)[O-])cc1. The summed E-state index contributed by atoms with van der Waals surface area (Å²) in [6, 6.07) is 3.70. The van der Waals surface area contributed by atoms with Gasteiger partial charge in [0.05, 0.1) is 28.3 Å². The summed E-state index contributed by atoms with van der Waals surface area (Å²) in [5, 5.41) is 29.9. The quantitative estimate of drug-likeness (QED) is 0.316. The number of carboxylic acid groups (broad SMARTS) is 1. The van der Waals surface area contributed by atoms with Crippen molar-refractivity contribution in [3.05, 3.63) is 34.4 Å². The van der Waals surface area contributed by atoms with Gasteiger partial charge in [0.25, 0.3) is 5.69 Å². The number of amides is 1. The number of sulfonamides is 1. The number of nitro benzene ring substituents is 1. The Morgan fingerprint density at radius 3 is 2.30 bits per heavy atom. The largest absolute Gasteiger partial charge is 0.481 e. The summed E-state index contributed by atoms with van der Waals surface area (Å²) in [6.45, 7) is 3.19. The Morgan fingerprint density at radius 1 is 1.27 bits per heavy atom. The number of aliphatic carboxylic acids is 1. The molecule has 0 heterocycles. The average Bonchev–Trinajstić information content (AvgIpc) is 2.69. The molecule has 0 saturated carbocycles. The molecule has 0 fully saturated rings. The maximum absolute atomic E-state index is 12.7. The number of nitrogens with one attached hydrogen (secondary N) is 1. The highest BCUT2D eigenvalue weighted by Crippen LogP contribution is 2.19. The molecule has 3 N–H and O–H groups in total. The number of carbonyl (C=O) groups is 2. The second-order valence-corrected chi connectivity index (χ2v) is 8.73. The zero-order valence-electron chi connectivity index (χ0n) is 17.0. The second kappa shape index (κ2) is 11.0. The van der Waals surface area contributed by atoms with E-state index in [-0.39, 0.29) is 23.5 Å². The third-order valence-electron chi connectivity index (χ3n) is 4.70. The minimum atomic E-state index is -3.98. The number of carboxylic acids is 1. The number of non-ortho nitro benzene ring substituents is 1. The molecule has 3 atom stereocenters. The van der Waals surface area contributed by atoms with Gasteiger partial charge in [-0.25, -0.2) is 13.1 Å². The molecule has 0 aliphatic heterocycles. The Balaban J connectivity index is 2.83. The highest BCUT2D eigenvalue weighted by Gasteiger charge is 2.32. The smallest absolute Gasteiger partial charge is 0.304 e. The lowest BCUT2D eigenvalue weighted by atomic mass is 9.93. The van der Waals surface area contributed by atoms with Crippen molar-refractivity contribution in [1.29, 1.82) is 0 Å². The van der Waals surface area contributed by atoms with Crippen LogP contribution in [0, 0.1) is 16.0 Å². The first-order valence-electron chi connectivity index (χ1n) is 9.31. The Bertz CT molecular complexity index is 857. The first kappa shape index (κ1) is 25.5. The van der Waals surface area contributed by atoms with Crippen LogP contribution in [-0.2, 0) is 19.6 Å². The van der Waals surface area contributed by atoms with E-state index in [4.69, 9.17) is 5.11 Å². The summed E-state index contributed by atoms with van der Waals surface area (Å²) in [4.78, 5) is 34.8. The molecular formula is C18H27N3O8S. The molecule has 1 rings (SSSR count). The van der Waals surface area contributed by atoms with Gasteiger partial charge >= 0.3 is 5.97 Å². The summed E-state index contributed by atoms with van der Waals surface area (Å²) >= 11 is 0. The molecular weight excluding hydrogens is 418 g/mol. The van der Waals surface area contributed by atoms with Crippen LogP contribution >= 0.6 is 0 Å². The molecule has 0 bridgehead atoms. The van der Waals surface area contributed by atoms with Gasteiger partial charge in [0, 0.05) is 31.8 Å². The number of likely N-dealkylation sites (N-methyl/N-ethyl adjacent to an activating group) is 1. The van der Waals surface area contributed by atoms with Crippen molar-refractivity contribution >= 4 is 27.6 Å². The number of nitro groups is 1. The molecule has 0 spiro atoms. The van der Waals surface area contributed by atoms with Gasteiger partial charge in [0.1, 0.15) is 0 Å². The van der Waals surface area contributed by atoms with Crippen molar-refractivity contribution in [2.24, 2.45) is 5.92 Å². The van der Waals surface area contributed by atoms with Crippen molar-refractivity contribution in [3.8, 4) is 0 Å². The topological polar surface area (TPSA) is 167 Å². The summed E-state index contributed by atoms with van der Waals surface area (Å²) in [5.74, 6) is -2.95. The minimum Gasteiger partial charge on any atom is -0.481 e. The first-order valence-corrected chi connectivity index (χ1v) is 10.8. The molecule has 11 nitrogen and oxygen atoms in total. The van der Waals surface area contributed by atoms with Crippen LogP contribution < -0.4 is 4.72 Å². The van der Waals surface area contributed by atoms with Crippen LogP contribution in [0.15, 0.2) is 29.2 Å². The minimum absolute atomic E-state index is 0.170. The van der Waals surface area contributed by atoms with E-state index in [1.807, 2.05) is 0 Å². The molecule has 0 aliphatic rings. The van der Waals surface area contributed by atoms with Crippen molar-refractivity contribution < 1.29 is 33.1 Å². The fraction of sp³-hybridized carbons (Fsp3) is 0.556. The fourth-order valence-electron chi connectivity index (χ4n) is 2.75. The molecule has 168 valence electrons. The maximum atomic E-state index is 12.7. The second-order valence-electron chi connectivity index (χ2n) is 6.96. The van der Waals surface area contributed by atoms with Crippen LogP contribution in [0.2, 0.25) is 0 Å². The van der Waals surface area contributed by atoms with E-state index < -0.39 is 51.3 Å². The van der Waals surface area contributed by atoms with Crippen LogP contribution in [0.25, 0.3) is 0 Å². The van der Waals surface area contributed by atoms with Gasteiger partial charge < -0.3 is 15.1 Å². The van der Waals surface area contributed by atoms with Crippen molar-refractivity contribution in [3.63, 3.8) is 0 Å². The predicted molar refractivity (Wildman–Crippen MR) is 107 cm³/mol. The third kappa shape index (κ3) is 7.04. The van der Waals surface area contributed by atoms with Crippen LogP contribution in [0.5, 0.6) is 0 Å². The summed E-state index contributed by atoms with van der Waals surface area (Å²) < 4.78 is 27.1. The molecule has 0 aromatic heterocycles. The van der Waals surface area contributed by atoms with E-state index in [1.165, 1.54) is 11.9 Å². The van der Waals surface area contributed by atoms with Crippen molar-refractivity contribution in [2.75, 3.05) is 13.6 Å². The Kier molecular flexibility index (Phi) is 9.33. The Hall–Kier alpha value is -2.57. The molecule has 1 aromatic rings. The molecule has 0 aliphatic carbocycles. The van der Waals surface area contributed by atoms with E-state index in [0.29, 0.717) is 6.42 Å². The number of nitrogens with zero attached hydrogens (tertiary/aromatic N) is 2. The van der Waals surface area contributed by atoms with Crippen LogP contribution in [0.3, 0.4) is 0 Å². The van der Waals surface area contributed by atoms with Gasteiger partial charge in [0.15, 0.2) is 0 Å². The summed E-state index contributed by atoms with van der Waals surface area (Å²) in [7, 11) is -2.57. The molecule has 0 unspecified atom stereocenters. The standard InChI is InChI=1S/C18H27N3O8S/c1-4-5-16(22)15(10-17(23)24)18(25)20(3)12(2)11-19-30(28,29)14-8-6-13(7-9-14)21(26)27/h6-9,12,15-16,19,22H,4-5,10-11H2,1-3H3,(H,23,24)/t12-,15-,16+/m0/s1. The van der Waals surface area contributed by atoms with Gasteiger partial charge in [0.2, 0.25) is 15.9 Å². The molecule has 1 amide bonds. The van der Waals surface area contributed by atoms with Gasteiger partial charge in [-0.3, -0.25) is 19.7 Å². The van der Waals surface area contributed by atoms with Crippen molar-refractivity contribution in [1.82, 2.24) is 9.62 Å². The number of hydrogen-bond acceptors (Lipinski definition) is 7. The molecule has 1 aromatic carbocycles. The monoisotopic (exact) mass is 445 g/mol. The van der Waals surface area contributed by atoms with E-state index >= 15 is 0 Å². The maximum Gasteiger partial charge on any atom is 0.304 e. The number of aliphatic hydroxyl groups excluding tert-OH is 1. The normalized spacial score (nSPS) is 14.5. The Labute approximate surface area is 174 Å². The lowest BCUT2D eigenvalue weighted by molar-refractivity contribution is -0.384. The molecule has 0 radical (unpaired) electrons. The van der Waals surface area contributed by atoms with E-state index in [2.05, 4.69) is 4.72 Å². The fourth-order valence-corrected chi connectivity index (χ4v) is 3.87. The number of carbonyl (C=O) groups excluding carboxylic acids is 1. The first-order chi connectivity index (χ1) is 13.9. The highest BCUT2D eigenvalue weighted by atomic mass is 32.2. The number of benzene rings is 1. The van der Waals surface area contributed by atoms with Crippen LogP contribution in [0.4, 0.5) is 5.69 Å². The zero-order chi connectivity index (χ0) is 23.1. The Morgan fingerprint density at radius 2 is 1.83 bits per heavy atom. The van der Waals surface area contributed by atoms with Crippen LogP contribution in [-0.4, -0.2) is 66.1 Å². The zero-order valence-corrected chi connectivity index (χ0v) is 17.8. The highest BCUT2D eigenvalue weighted by molar-refractivity contribution is 7.89. The third-order valence-corrected chi connectivity index (χ3v) is 6.14. The average molecular weight is 445 g/mol. The predicted octanol–water partition coefficient (Wildman–Crippen LogP) is 0.972. The molecule has 30 heavy (non-hydrogen) atoms. The van der Waals surface area contributed by atoms with Crippen LogP contribution in [0.1, 0.15) is 33.1 Å². The van der Waals surface area contributed by atoms with E-state index in [0.717, 1.165) is 24.3 Å². The summed E-state index contributed by atoms with van der Waals surface area (Å²) in [6.07, 6.45) is -0.826. The van der Waals surface area contributed by atoms with Gasteiger partial charge in [-0.2, -0.15) is 0 Å². The number of hydrogen-bond donors (Lipinski definition) is 3. The molecule has 12 heteroatoms. The van der Waals surface area contributed by atoms with Gasteiger partial charge in [-0.15, -0.1) is 0 Å². The van der Waals surface area contributed by atoms with Gasteiger partial charge in [-0.05, 0) is 25.5 Å². The van der Waals surface area contributed by atoms with Gasteiger partial charge in [-0.1, -0.05) is 13.3 Å². The van der Waals surface area contributed by atoms with E-state index in [9.17, 15) is 33.2 Å². The van der Waals surface area contributed by atoms with E-state index in [1.54, 1.807) is 13.8 Å². The number of rotatable bonds is 12. The number of aliphatic hydroxyl groups is 1. The lowest BCUT2D eigenvalue weighted by Crippen LogP contribution is -2.47. The summed E-state index contributed by atoms with van der Waals surface area (Å²) in [5.41, 5.74) is -0.247. The molecule has 0 saturated heterocycles. The van der Waals surface area contributed by atoms with Crippen molar-refractivity contribution in [2.45, 2.75) is 50.2 Å². The lowest BCUT2D eigenvalue weighted by Gasteiger charge is -2.30.